The van der Waals surface area contributed by atoms with Crippen molar-refractivity contribution in [3.8, 4) is 0 Å². The Labute approximate surface area is 186 Å². The van der Waals surface area contributed by atoms with E-state index in [1.54, 1.807) is 0 Å². The lowest BCUT2D eigenvalue weighted by Crippen LogP contribution is -2.53. The quantitative estimate of drug-likeness (QED) is 0.572. The zero-order valence-electron chi connectivity index (χ0n) is 18.9. The van der Waals surface area contributed by atoms with Crippen molar-refractivity contribution >= 4 is 17.6 Å². The van der Waals surface area contributed by atoms with E-state index in [1.165, 1.54) is 0 Å². The average Bonchev–Trinajstić information content (AvgIpc) is 2.81. The minimum Gasteiger partial charge on any atom is -0.456 e. The maximum absolute atomic E-state index is 12.8. The SMILES string of the molecule is CCC(=O)O[C@@H](CN1CC[C@H](N(C(=O)CC)c2ccccc2)[C@@H](C)C1)c1ccccc1. The third-order valence-electron chi connectivity index (χ3n) is 6.04. The van der Waals surface area contributed by atoms with E-state index in [9.17, 15) is 9.59 Å². The average molecular weight is 423 g/mol. The van der Waals surface area contributed by atoms with Crippen molar-refractivity contribution in [1.82, 2.24) is 4.90 Å². The van der Waals surface area contributed by atoms with Gasteiger partial charge in [0, 0.05) is 44.2 Å². The van der Waals surface area contributed by atoms with Gasteiger partial charge in [-0.05, 0) is 30.0 Å². The molecule has 3 atom stereocenters. The molecule has 166 valence electrons. The van der Waals surface area contributed by atoms with E-state index in [-0.39, 0.29) is 24.0 Å². The van der Waals surface area contributed by atoms with Crippen LogP contribution in [0.2, 0.25) is 0 Å². The number of hydrogen-bond acceptors (Lipinski definition) is 4. The van der Waals surface area contributed by atoms with Crippen LogP contribution in [0.1, 0.15) is 51.7 Å². The number of esters is 1. The Morgan fingerprint density at radius 2 is 1.68 bits per heavy atom. The van der Waals surface area contributed by atoms with Crippen LogP contribution in [0.5, 0.6) is 0 Å². The number of piperidine rings is 1. The summed E-state index contributed by atoms with van der Waals surface area (Å²) in [6.07, 6.45) is 1.47. The number of benzene rings is 2. The molecular formula is C26H34N2O3. The third-order valence-corrected chi connectivity index (χ3v) is 6.04. The zero-order valence-corrected chi connectivity index (χ0v) is 18.9. The molecule has 1 heterocycles. The van der Waals surface area contributed by atoms with Gasteiger partial charge in [0.2, 0.25) is 5.91 Å². The Kier molecular flexibility index (Phi) is 8.24. The lowest BCUT2D eigenvalue weighted by molar-refractivity contribution is -0.150. The molecular weight excluding hydrogens is 388 g/mol. The molecule has 0 aromatic heterocycles. The summed E-state index contributed by atoms with van der Waals surface area (Å²) in [7, 11) is 0. The van der Waals surface area contributed by atoms with Crippen molar-refractivity contribution in [2.75, 3.05) is 24.5 Å². The van der Waals surface area contributed by atoms with Crippen molar-refractivity contribution in [3.05, 3.63) is 66.2 Å². The van der Waals surface area contributed by atoms with Crippen LogP contribution in [-0.4, -0.2) is 42.5 Å². The van der Waals surface area contributed by atoms with Crippen LogP contribution in [-0.2, 0) is 14.3 Å². The molecule has 0 radical (unpaired) electrons. The number of carbonyl (C=O) groups is 2. The summed E-state index contributed by atoms with van der Waals surface area (Å²) in [6, 6.07) is 20.1. The first-order valence-corrected chi connectivity index (χ1v) is 11.4. The standard InChI is InChI=1S/C26H34N2O3/c1-4-25(29)28(22-14-10-7-11-15-22)23-16-17-27(18-20(23)3)19-24(31-26(30)5-2)21-12-8-6-9-13-21/h6-15,20,23-24H,4-5,16-19H2,1-3H3/t20-,23-,24-/m0/s1. The smallest absolute Gasteiger partial charge is 0.306 e. The highest BCUT2D eigenvalue weighted by Crippen LogP contribution is 2.29. The minimum atomic E-state index is -0.278. The fourth-order valence-electron chi connectivity index (χ4n) is 4.40. The lowest BCUT2D eigenvalue weighted by atomic mass is 9.91. The summed E-state index contributed by atoms with van der Waals surface area (Å²) < 4.78 is 5.78. The van der Waals surface area contributed by atoms with Crippen molar-refractivity contribution in [2.24, 2.45) is 5.92 Å². The molecule has 1 saturated heterocycles. The predicted octanol–water partition coefficient (Wildman–Crippen LogP) is 4.83. The predicted molar refractivity (Wildman–Crippen MR) is 124 cm³/mol. The van der Waals surface area contributed by atoms with Crippen LogP contribution in [0.15, 0.2) is 60.7 Å². The van der Waals surface area contributed by atoms with Crippen molar-refractivity contribution in [3.63, 3.8) is 0 Å². The summed E-state index contributed by atoms with van der Waals surface area (Å²) in [6.45, 7) is 8.34. The van der Waals surface area contributed by atoms with E-state index < -0.39 is 0 Å². The van der Waals surface area contributed by atoms with Gasteiger partial charge in [0.15, 0.2) is 0 Å². The summed E-state index contributed by atoms with van der Waals surface area (Å²) in [4.78, 5) is 29.2. The van der Waals surface area contributed by atoms with E-state index in [2.05, 4.69) is 11.8 Å². The number of para-hydroxylation sites is 1. The van der Waals surface area contributed by atoms with Gasteiger partial charge in [0.1, 0.15) is 6.10 Å². The van der Waals surface area contributed by atoms with E-state index >= 15 is 0 Å². The molecule has 1 aliphatic rings. The molecule has 5 heteroatoms. The molecule has 5 nitrogen and oxygen atoms in total. The molecule has 1 amide bonds. The molecule has 2 aromatic carbocycles. The van der Waals surface area contributed by atoms with Gasteiger partial charge >= 0.3 is 5.97 Å². The number of rotatable bonds is 8. The Hall–Kier alpha value is -2.66. The molecule has 31 heavy (non-hydrogen) atoms. The first-order valence-electron chi connectivity index (χ1n) is 11.4. The Balaban J connectivity index is 1.71. The monoisotopic (exact) mass is 422 g/mol. The molecule has 0 saturated carbocycles. The Morgan fingerprint density at radius 1 is 1.03 bits per heavy atom. The Morgan fingerprint density at radius 3 is 2.26 bits per heavy atom. The van der Waals surface area contributed by atoms with Crippen molar-refractivity contribution < 1.29 is 14.3 Å². The molecule has 2 aromatic rings. The number of ether oxygens (including phenoxy) is 1. The number of anilines is 1. The van der Waals surface area contributed by atoms with Gasteiger partial charge in [-0.2, -0.15) is 0 Å². The molecule has 0 spiro atoms. The number of nitrogens with zero attached hydrogens (tertiary/aromatic N) is 2. The highest BCUT2D eigenvalue weighted by Gasteiger charge is 2.34. The molecule has 1 aliphatic heterocycles. The van der Waals surface area contributed by atoms with Crippen LogP contribution in [0.25, 0.3) is 0 Å². The summed E-state index contributed by atoms with van der Waals surface area (Å²) in [5, 5.41) is 0. The first-order chi connectivity index (χ1) is 15.0. The maximum Gasteiger partial charge on any atom is 0.306 e. The van der Waals surface area contributed by atoms with Gasteiger partial charge in [0.25, 0.3) is 0 Å². The fraction of sp³-hybridized carbons (Fsp3) is 0.462. The number of likely N-dealkylation sites (tertiary alicyclic amines) is 1. The van der Waals surface area contributed by atoms with Gasteiger partial charge in [-0.25, -0.2) is 0 Å². The summed E-state index contributed by atoms with van der Waals surface area (Å²) >= 11 is 0. The van der Waals surface area contributed by atoms with Gasteiger partial charge in [0.05, 0.1) is 0 Å². The molecule has 1 fully saturated rings. The molecule has 0 bridgehead atoms. The van der Waals surface area contributed by atoms with E-state index in [1.807, 2.05) is 79.4 Å². The van der Waals surface area contributed by atoms with Crippen LogP contribution < -0.4 is 4.90 Å². The molecule has 0 unspecified atom stereocenters. The first kappa shape index (κ1) is 23.0. The van der Waals surface area contributed by atoms with Gasteiger partial charge < -0.3 is 9.64 Å². The molecule has 0 N–H and O–H groups in total. The summed E-state index contributed by atoms with van der Waals surface area (Å²) in [5.74, 6) is 0.291. The lowest BCUT2D eigenvalue weighted by Gasteiger charge is -2.43. The van der Waals surface area contributed by atoms with Gasteiger partial charge in [-0.3, -0.25) is 14.5 Å². The van der Waals surface area contributed by atoms with Gasteiger partial charge in [-0.15, -0.1) is 0 Å². The van der Waals surface area contributed by atoms with Crippen LogP contribution in [0.3, 0.4) is 0 Å². The highest BCUT2D eigenvalue weighted by molar-refractivity contribution is 5.93. The summed E-state index contributed by atoms with van der Waals surface area (Å²) in [5.41, 5.74) is 1.99. The van der Waals surface area contributed by atoms with Crippen molar-refractivity contribution in [2.45, 2.75) is 52.2 Å². The highest BCUT2D eigenvalue weighted by atomic mass is 16.5. The normalized spacial score (nSPS) is 20.1. The number of carbonyl (C=O) groups excluding carboxylic acids is 2. The van der Waals surface area contributed by atoms with E-state index in [0.29, 0.717) is 25.3 Å². The second-order valence-electron chi connectivity index (χ2n) is 8.29. The largest absolute Gasteiger partial charge is 0.456 e. The third kappa shape index (κ3) is 5.95. The van der Waals surface area contributed by atoms with Gasteiger partial charge in [-0.1, -0.05) is 69.3 Å². The second-order valence-corrected chi connectivity index (χ2v) is 8.29. The van der Waals surface area contributed by atoms with E-state index in [4.69, 9.17) is 4.74 Å². The maximum atomic E-state index is 12.8. The number of hydrogen-bond donors (Lipinski definition) is 0. The minimum absolute atomic E-state index is 0.163. The van der Waals surface area contributed by atoms with Crippen LogP contribution in [0, 0.1) is 5.92 Å². The van der Waals surface area contributed by atoms with Crippen molar-refractivity contribution in [1.29, 1.82) is 0 Å². The second kappa shape index (κ2) is 11.1. The van der Waals surface area contributed by atoms with Crippen LogP contribution >= 0.6 is 0 Å². The topological polar surface area (TPSA) is 49.9 Å². The van der Waals surface area contributed by atoms with E-state index in [0.717, 1.165) is 30.8 Å². The fourth-order valence-corrected chi connectivity index (χ4v) is 4.40. The Bertz CT molecular complexity index is 840. The number of amides is 1. The van der Waals surface area contributed by atoms with Crippen LogP contribution in [0.4, 0.5) is 5.69 Å². The zero-order chi connectivity index (χ0) is 22.2. The molecule has 3 rings (SSSR count). The molecule has 0 aliphatic carbocycles.